The van der Waals surface area contributed by atoms with E-state index in [0.29, 0.717) is 0 Å². The number of hydrogen-bond acceptors (Lipinski definition) is 4. The number of rotatable bonds is 1. The Morgan fingerprint density at radius 1 is 1.35 bits per heavy atom. The maximum atomic E-state index is 4.52. The summed E-state index contributed by atoms with van der Waals surface area (Å²) in [6.45, 7) is 1.91. The highest BCUT2D eigenvalue weighted by Gasteiger charge is 2.13. The number of hydrogen-bond donors (Lipinski definition) is 0. The summed E-state index contributed by atoms with van der Waals surface area (Å²) in [5.74, 6) is 0.774. The molecule has 0 atom stereocenters. The van der Waals surface area contributed by atoms with Crippen molar-refractivity contribution in [1.29, 1.82) is 0 Å². The van der Waals surface area contributed by atoms with Crippen LogP contribution in [0.25, 0.3) is 21.5 Å². The second-order valence-corrected chi connectivity index (χ2v) is 5.52. The molecule has 3 aromatic heterocycles. The van der Waals surface area contributed by atoms with Crippen LogP contribution in [0.1, 0.15) is 5.82 Å². The molecule has 0 spiro atoms. The fourth-order valence-electron chi connectivity index (χ4n) is 1.74. The minimum absolute atomic E-state index is 0.774. The van der Waals surface area contributed by atoms with E-state index in [1.54, 1.807) is 16.0 Å². The highest BCUT2D eigenvalue weighted by Crippen LogP contribution is 2.34. The Morgan fingerprint density at radius 2 is 2.18 bits per heavy atom. The number of nitrogens with zero attached hydrogens (tertiary/aromatic N) is 4. The number of fused-ring (bicyclic) bond motifs is 1. The summed E-state index contributed by atoms with van der Waals surface area (Å²) in [5.41, 5.74) is 2.95. The summed E-state index contributed by atoms with van der Waals surface area (Å²) in [6.07, 6.45) is 3.80. The van der Waals surface area contributed by atoms with Crippen LogP contribution in [0.15, 0.2) is 22.2 Å². The Labute approximate surface area is 110 Å². The van der Waals surface area contributed by atoms with E-state index >= 15 is 0 Å². The molecule has 0 N–H and O–H groups in total. The highest BCUT2D eigenvalue weighted by atomic mass is 79.9. The average molecular weight is 309 g/mol. The third-order valence-electron chi connectivity index (χ3n) is 2.46. The van der Waals surface area contributed by atoms with E-state index < -0.39 is 0 Å². The normalized spacial score (nSPS) is 11.2. The fourth-order valence-corrected chi connectivity index (χ4v) is 3.32. The third kappa shape index (κ3) is 1.77. The van der Waals surface area contributed by atoms with Crippen molar-refractivity contribution in [3.63, 3.8) is 0 Å². The van der Waals surface area contributed by atoms with E-state index in [9.17, 15) is 0 Å². The monoisotopic (exact) mass is 308 g/mol. The van der Waals surface area contributed by atoms with Crippen LogP contribution in [-0.2, 0) is 7.05 Å². The van der Waals surface area contributed by atoms with Gasteiger partial charge < -0.3 is 0 Å². The van der Waals surface area contributed by atoms with Crippen LogP contribution in [0.2, 0.25) is 0 Å². The van der Waals surface area contributed by atoms with Gasteiger partial charge in [0.1, 0.15) is 5.82 Å². The van der Waals surface area contributed by atoms with Gasteiger partial charge in [0, 0.05) is 24.2 Å². The molecule has 0 aliphatic rings. The summed E-state index contributed by atoms with van der Waals surface area (Å²) in [4.78, 5) is 8.98. The molecule has 0 aliphatic carbocycles. The topological polar surface area (TPSA) is 43.6 Å². The van der Waals surface area contributed by atoms with Crippen LogP contribution in [0.3, 0.4) is 0 Å². The van der Waals surface area contributed by atoms with Gasteiger partial charge in [-0.25, -0.2) is 9.97 Å². The molecule has 0 fully saturated rings. The molecule has 86 valence electrons. The Morgan fingerprint density at radius 3 is 2.88 bits per heavy atom. The van der Waals surface area contributed by atoms with Crippen LogP contribution in [0.4, 0.5) is 0 Å². The molecule has 6 heteroatoms. The molecule has 0 amide bonds. The van der Waals surface area contributed by atoms with Gasteiger partial charge in [0.15, 0.2) is 0 Å². The largest absolute Gasteiger partial charge is 0.275 e. The maximum Gasteiger partial charge on any atom is 0.126 e. The molecule has 0 saturated heterocycles. The van der Waals surface area contributed by atoms with Crippen molar-refractivity contribution in [2.75, 3.05) is 0 Å². The predicted octanol–water partition coefficient (Wildman–Crippen LogP) is 3.16. The Bertz CT molecular complexity index is 701. The van der Waals surface area contributed by atoms with Crippen molar-refractivity contribution in [3.05, 3.63) is 28.1 Å². The van der Waals surface area contributed by atoms with Crippen molar-refractivity contribution in [2.45, 2.75) is 6.92 Å². The zero-order valence-electron chi connectivity index (χ0n) is 9.31. The van der Waals surface area contributed by atoms with Crippen LogP contribution < -0.4 is 0 Å². The Hall–Kier alpha value is -1.27. The molecule has 0 aliphatic heterocycles. The summed E-state index contributed by atoms with van der Waals surface area (Å²) in [5, 5.41) is 6.23. The number of aromatic nitrogens is 4. The van der Waals surface area contributed by atoms with Gasteiger partial charge in [-0.1, -0.05) is 0 Å². The standard InChI is InChI=1S/C11H9BrN4S/c1-6-14-9(7-3-13-16(2)4-7)11-10(15-6)8(12)5-17-11/h3-5H,1-2H3. The molecule has 0 aromatic carbocycles. The molecule has 3 aromatic rings. The van der Waals surface area contributed by atoms with Crippen LogP contribution in [0, 0.1) is 6.92 Å². The van der Waals surface area contributed by atoms with Gasteiger partial charge in [0.2, 0.25) is 0 Å². The van der Waals surface area contributed by atoms with Gasteiger partial charge in [-0.2, -0.15) is 5.10 Å². The van der Waals surface area contributed by atoms with Crippen molar-refractivity contribution >= 4 is 37.5 Å². The summed E-state index contributed by atoms with van der Waals surface area (Å²) < 4.78 is 3.89. The lowest BCUT2D eigenvalue weighted by atomic mass is 10.2. The molecule has 3 heterocycles. The molecule has 0 saturated carbocycles. The SMILES string of the molecule is Cc1nc(-c2cnn(C)c2)c2scc(Br)c2n1. The van der Waals surface area contributed by atoms with Gasteiger partial charge >= 0.3 is 0 Å². The zero-order chi connectivity index (χ0) is 12.0. The summed E-state index contributed by atoms with van der Waals surface area (Å²) in [7, 11) is 1.90. The van der Waals surface area contributed by atoms with Gasteiger partial charge in [0.25, 0.3) is 0 Å². The average Bonchev–Trinajstić information content (AvgIpc) is 2.86. The number of halogens is 1. The van der Waals surface area contributed by atoms with Crippen LogP contribution in [0.5, 0.6) is 0 Å². The lowest BCUT2D eigenvalue weighted by Gasteiger charge is -2.00. The first-order chi connectivity index (χ1) is 8.15. The molecule has 0 radical (unpaired) electrons. The van der Waals surface area contributed by atoms with Crippen LogP contribution >= 0.6 is 27.3 Å². The van der Waals surface area contributed by atoms with Crippen molar-refractivity contribution in [2.24, 2.45) is 7.05 Å². The maximum absolute atomic E-state index is 4.52. The van der Waals surface area contributed by atoms with Gasteiger partial charge in [-0.05, 0) is 22.9 Å². The summed E-state index contributed by atoms with van der Waals surface area (Å²) >= 11 is 5.16. The third-order valence-corrected chi connectivity index (χ3v) is 4.35. The first-order valence-electron chi connectivity index (χ1n) is 5.05. The van der Waals surface area contributed by atoms with Crippen molar-refractivity contribution in [3.8, 4) is 11.3 Å². The van der Waals surface area contributed by atoms with Crippen molar-refractivity contribution in [1.82, 2.24) is 19.7 Å². The van der Waals surface area contributed by atoms with E-state index in [2.05, 4.69) is 31.0 Å². The van der Waals surface area contributed by atoms with Gasteiger partial charge in [-0.3, -0.25) is 4.68 Å². The number of thiophene rings is 1. The summed E-state index contributed by atoms with van der Waals surface area (Å²) in [6, 6.07) is 0. The fraction of sp³-hybridized carbons (Fsp3) is 0.182. The lowest BCUT2D eigenvalue weighted by Crippen LogP contribution is -1.91. The van der Waals surface area contributed by atoms with E-state index in [-0.39, 0.29) is 0 Å². The molecular formula is C11H9BrN4S. The van der Waals surface area contributed by atoms with E-state index in [1.807, 2.05) is 31.7 Å². The molecule has 0 unspecified atom stereocenters. The van der Waals surface area contributed by atoms with Crippen LogP contribution in [-0.4, -0.2) is 19.7 Å². The highest BCUT2D eigenvalue weighted by molar-refractivity contribution is 9.10. The van der Waals surface area contributed by atoms with E-state index in [0.717, 1.165) is 31.8 Å². The lowest BCUT2D eigenvalue weighted by molar-refractivity contribution is 0.768. The molecule has 3 rings (SSSR count). The molecule has 17 heavy (non-hydrogen) atoms. The Balaban J connectivity index is 2.35. The smallest absolute Gasteiger partial charge is 0.126 e. The van der Waals surface area contributed by atoms with Gasteiger partial charge in [0.05, 0.1) is 26.6 Å². The second-order valence-electron chi connectivity index (χ2n) is 3.78. The zero-order valence-corrected chi connectivity index (χ0v) is 11.7. The van der Waals surface area contributed by atoms with Crippen molar-refractivity contribution < 1.29 is 0 Å². The molecule has 0 bridgehead atoms. The van der Waals surface area contributed by atoms with E-state index in [4.69, 9.17) is 0 Å². The van der Waals surface area contributed by atoms with E-state index in [1.165, 1.54) is 0 Å². The predicted molar refractivity (Wildman–Crippen MR) is 72.1 cm³/mol. The minimum atomic E-state index is 0.774. The van der Waals surface area contributed by atoms with Gasteiger partial charge in [-0.15, -0.1) is 11.3 Å². The minimum Gasteiger partial charge on any atom is -0.275 e. The number of aryl methyl sites for hydroxylation is 2. The molecular weight excluding hydrogens is 300 g/mol. The first kappa shape index (κ1) is 10.9. The molecule has 4 nitrogen and oxygen atoms in total. The first-order valence-corrected chi connectivity index (χ1v) is 6.73. The quantitative estimate of drug-likeness (QED) is 0.693. The second kappa shape index (κ2) is 3.89. The Kier molecular flexibility index (Phi) is 2.48.